The number of ether oxygens (including phenoxy) is 2. The van der Waals surface area contributed by atoms with Gasteiger partial charge in [-0.05, 0) is 24.9 Å². The Balaban J connectivity index is 2.38. The second-order valence-electron chi connectivity index (χ2n) is 5.16. The third-order valence-electron chi connectivity index (χ3n) is 2.85. The molecule has 112 valence electrons. The highest BCUT2D eigenvalue weighted by atomic mass is 16.5. The van der Waals surface area contributed by atoms with Gasteiger partial charge in [0.05, 0.1) is 13.7 Å². The van der Waals surface area contributed by atoms with Crippen molar-refractivity contribution in [3.05, 3.63) is 29.8 Å². The maximum atomic E-state index is 11.0. The van der Waals surface area contributed by atoms with Crippen LogP contribution in [0.25, 0.3) is 0 Å². The van der Waals surface area contributed by atoms with Gasteiger partial charge in [-0.3, -0.25) is 4.79 Å². The minimum Gasteiger partial charge on any atom is -0.493 e. The molecule has 0 atom stereocenters. The molecule has 0 aliphatic heterocycles. The van der Waals surface area contributed by atoms with Crippen LogP contribution in [0.2, 0.25) is 0 Å². The molecule has 4 heteroatoms. The lowest BCUT2D eigenvalue weighted by Gasteiger charge is -2.13. The SMILES string of the molecule is COC(=O)CCCOc1ccccc1CNCC(C)C. The van der Waals surface area contributed by atoms with Gasteiger partial charge in [-0.25, -0.2) is 0 Å². The molecule has 4 nitrogen and oxygen atoms in total. The molecule has 20 heavy (non-hydrogen) atoms. The van der Waals surface area contributed by atoms with Gasteiger partial charge in [-0.1, -0.05) is 32.0 Å². The molecule has 0 saturated carbocycles. The zero-order valence-corrected chi connectivity index (χ0v) is 12.6. The number of para-hydroxylation sites is 1. The van der Waals surface area contributed by atoms with Crippen LogP contribution < -0.4 is 10.1 Å². The average Bonchev–Trinajstić information content (AvgIpc) is 2.44. The van der Waals surface area contributed by atoms with E-state index >= 15 is 0 Å². The van der Waals surface area contributed by atoms with Crippen molar-refractivity contribution in [1.82, 2.24) is 5.32 Å². The summed E-state index contributed by atoms with van der Waals surface area (Å²) in [4.78, 5) is 11.0. The predicted octanol–water partition coefficient (Wildman–Crippen LogP) is 2.76. The number of carbonyl (C=O) groups is 1. The monoisotopic (exact) mass is 279 g/mol. The lowest BCUT2D eigenvalue weighted by Crippen LogP contribution is -2.19. The molecule has 0 saturated heterocycles. The lowest BCUT2D eigenvalue weighted by molar-refractivity contribution is -0.140. The topological polar surface area (TPSA) is 47.6 Å². The van der Waals surface area contributed by atoms with Gasteiger partial charge < -0.3 is 14.8 Å². The third-order valence-corrected chi connectivity index (χ3v) is 2.85. The van der Waals surface area contributed by atoms with Crippen LogP contribution in [0.1, 0.15) is 32.3 Å². The molecule has 0 aliphatic rings. The van der Waals surface area contributed by atoms with Crippen molar-refractivity contribution in [3.63, 3.8) is 0 Å². The zero-order chi connectivity index (χ0) is 14.8. The summed E-state index contributed by atoms with van der Waals surface area (Å²) in [5.74, 6) is 1.32. The number of nitrogens with one attached hydrogen (secondary N) is 1. The Labute approximate surface area is 121 Å². The smallest absolute Gasteiger partial charge is 0.305 e. The molecule has 0 bridgehead atoms. The van der Waals surface area contributed by atoms with Crippen LogP contribution in [-0.2, 0) is 16.1 Å². The number of benzene rings is 1. The number of rotatable bonds is 9. The van der Waals surface area contributed by atoms with Gasteiger partial charge in [0.15, 0.2) is 0 Å². The second-order valence-corrected chi connectivity index (χ2v) is 5.16. The minimum atomic E-state index is -0.194. The van der Waals surface area contributed by atoms with Crippen LogP contribution in [-0.4, -0.2) is 26.2 Å². The number of esters is 1. The molecule has 0 unspecified atom stereocenters. The van der Waals surface area contributed by atoms with E-state index in [0.717, 1.165) is 24.4 Å². The van der Waals surface area contributed by atoms with E-state index in [2.05, 4.69) is 30.0 Å². The fourth-order valence-electron chi connectivity index (χ4n) is 1.79. The first kappa shape index (κ1) is 16.5. The fourth-order valence-corrected chi connectivity index (χ4v) is 1.79. The Morgan fingerprint density at radius 2 is 2.05 bits per heavy atom. The highest BCUT2D eigenvalue weighted by molar-refractivity contribution is 5.69. The molecule has 0 fully saturated rings. The van der Waals surface area contributed by atoms with Gasteiger partial charge in [-0.2, -0.15) is 0 Å². The normalized spacial score (nSPS) is 10.6. The fraction of sp³-hybridized carbons (Fsp3) is 0.562. The Hall–Kier alpha value is -1.55. The summed E-state index contributed by atoms with van der Waals surface area (Å²) in [6.45, 7) is 6.67. The van der Waals surface area contributed by atoms with Gasteiger partial charge in [0, 0.05) is 18.5 Å². The van der Waals surface area contributed by atoms with Crippen molar-refractivity contribution in [2.24, 2.45) is 5.92 Å². The Kier molecular flexibility index (Phi) is 7.73. The molecule has 1 aromatic carbocycles. The van der Waals surface area contributed by atoms with Crippen LogP contribution in [0.5, 0.6) is 5.75 Å². The molecular formula is C16H25NO3. The van der Waals surface area contributed by atoms with Crippen molar-refractivity contribution in [3.8, 4) is 5.75 Å². The maximum Gasteiger partial charge on any atom is 0.305 e. The minimum absolute atomic E-state index is 0.194. The summed E-state index contributed by atoms with van der Waals surface area (Å²) >= 11 is 0. The van der Waals surface area contributed by atoms with Crippen molar-refractivity contribution < 1.29 is 14.3 Å². The van der Waals surface area contributed by atoms with Gasteiger partial charge in [-0.15, -0.1) is 0 Å². The van der Waals surface area contributed by atoms with Crippen LogP contribution in [0.3, 0.4) is 0 Å². The van der Waals surface area contributed by atoms with Crippen LogP contribution in [0.4, 0.5) is 0 Å². The third kappa shape index (κ3) is 6.57. The van der Waals surface area contributed by atoms with E-state index in [4.69, 9.17) is 4.74 Å². The van der Waals surface area contributed by atoms with Crippen LogP contribution in [0, 0.1) is 5.92 Å². The summed E-state index contributed by atoms with van der Waals surface area (Å²) in [5, 5.41) is 3.41. The predicted molar refractivity (Wildman–Crippen MR) is 79.7 cm³/mol. The van der Waals surface area contributed by atoms with Crippen molar-refractivity contribution >= 4 is 5.97 Å². The van der Waals surface area contributed by atoms with E-state index in [0.29, 0.717) is 25.4 Å². The van der Waals surface area contributed by atoms with Gasteiger partial charge >= 0.3 is 5.97 Å². The molecule has 1 N–H and O–H groups in total. The van der Waals surface area contributed by atoms with E-state index < -0.39 is 0 Å². The van der Waals surface area contributed by atoms with E-state index in [1.165, 1.54) is 7.11 Å². The standard InChI is InChI=1S/C16H25NO3/c1-13(2)11-17-12-14-7-4-5-8-15(14)20-10-6-9-16(18)19-3/h4-5,7-8,13,17H,6,9-12H2,1-3H3. The summed E-state index contributed by atoms with van der Waals surface area (Å²) in [7, 11) is 1.40. The summed E-state index contributed by atoms with van der Waals surface area (Å²) in [6, 6.07) is 7.99. The molecule has 1 aromatic rings. The van der Waals surface area contributed by atoms with Crippen LogP contribution in [0.15, 0.2) is 24.3 Å². The highest BCUT2D eigenvalue weighted by Crippen LogP contribution is 2.18. The van der Waals surface area contributed by atoms with Gasteiger partial charge in [0.2, 0.25) is 0 Å². The van der Waals surface area contributed by atoms with Gasteiger partial charge in [0.1, 0.15) is 5.75 Å². The number of methoxy groups -OCH3 is 1. The first-order valence-corrected chi connectivity index (χ1v) is 7.11. The average molecular weight is 279 g/mol. The first-order chi connectivity index (χ1) is 9.63. The van der Waals surface area contributed by atoms with E-state index in [1.807, 2.05) is 18.2 Å². The second kappa shape index (κ2) is 9.37. The van der Waals surface area contributed by atoms with Crippen LogP contribution >= 0.6 is 0 Å². The van der Waals surface area contributed by atoms with Crippen molar-refractivity contribution in [1.29, 1.82) is 0 Å². The number of carbonyl (C=O) groups excluding carboxylic acids is 1. The Morgan fingerprint density at radius 3 is 2.75 bits per heavy atom. The Morgan fingerprint density at radius 1 is 1.30 bits per heavy atom. The number of hydrogen-bond donors (Lipinski definition) is 1. The highest BCUT2D eigenvalue weighted by Gasteiger charge is 2.04. The molecule has 0 radical (unpaired) electrons. The number of hydrogen-bond acceptors (Lipinski definition) is 4. The molecule has 0 aliphatic carbocycles. The summed E-state index contributed by atoms with van der Waals surface area (Å²) < 4.78 is 10.3. The molecule has 1 rings (SSSR count). The lowest BCUT2D eigenvalue weighted by atomic mass is 10.2. The van der Waals surface area contributed by atoms with Gasteiger partial charge in [0.25, 0.3) is 0 Å². The summed E-state index contributed by atoms with van der Waals surface area (Å²) in [5.41, 5.74) is 1.14. The Bertz CT molecular complexity index is 404. The van der Waals surface area contributed by atoms with Crippen molar-refractivity contribution in [2.45, 2.75) is 33.2 Å². The summed E-state index contributed by atoms with van der Waals surface area (Å²) in [6.07, 6.45) is 1.06. The first-order valence-electron chi connectivity index (χ1n) is 7.11. The molecule has 0 amide bonds. The molecule has 0 spiro atoms. The maximum absolute atomic E-state index is 11.0. The van der Waals surface area contributed by atoms with E-state index in [9.17, 15) is 4.79 Å². The molecule has 0 aromatic heterocycles. The molecular weight excluding hydrogens is 254 g/mol. The zero-order valence-electron chi connectivity index (χ0n) is 12.6. The van der Waals surface area contributed by atoms with E-state index in [-0.39, 0.29) is 5.97 Å². The molecule has 0 heterocycles. The quantitative estimate of drug-likeness (QED) is 0.558. The largest absolute Gasteiger partial charge is 0.493 e. The van der Waals surface area contributed by atoms with E-state index in [1.54, 1.807) is 0 Å². The van der Waals surface area contributed by atoms with Crippen molar-refractivity contribution in [2.75, 3.05) is 20.3 Å².